The second-order valence-electron chi connectivity index (χ2n) is 4.80. The van der Waals surface area contributed by atoms with Crippen molar-refractivity contribution < 1.29 is 0 Å². The third kappa shape index (κ3) is 2.41. The van der Waals surface area contributed by atoms with Gasteiger partial charge in [-0.05, 0) is 18.2 Å². The molecule has 4 heteroatoms. The summed E-state index contributed by atoms with van der Waals surface area (Å²) in [5, 5.41) is 1.12. The van der Waals surface area contributed by atoms with Crippen LogP contribution in [0.15, 0.2) is 47.5 Å². The molecular weight excluding hydrogens is 291 g/mol. The maximum absolute atomic E-state index is 6.13. The third-order valence-corrected chi connectivity index (χ3v) is 4.21. The van der Waals surface area contributed by atoms with Gasteiger partial charge in [-0.1, -0.05) is 47.5 Å². The summed E-state index contributed by atoms with van der Waals surface area (Å²) in [4.78, 5) is 6.95. The van der Waals surface area contributed by atoms with Crippen LogP contribution in [0.1, 0.15) is 11.1 Å². The molecule has 0 aliphatic carbocycles. The topological polar surface area (TPSA) is 15.6 Å². The molecule has 1 heterocycles. The Kier molecular flexibility index (Phi) is 3.68. The quantitative estimate of drug-likeness (QED) is 0.768. The van der Waals surface area contributed by atoms with Crippen LogP contribution in [0.25, 0.3) is 0 Å². The van der Waals surface area contributed by atoms with Gasteiger partial charge in [-0.25, -0.2) is 0 Å². The van der Waals surface area contributed by atoms with Gasteiger partial charge in [0.2, 0.25) is 0 Å². The summed E-state index contributed by atoms with van der Waals surface area (Å²) in [6.07, 6.45) is 0. The van der Waals surface area contributed by atoms with Crippen molar-refractivity contribution in [2.45, 2.75) is 0 Å². The van der Waals surface area contributed by atoms with Crippen LogP contribution >= 0.6 is 23.2 Å². The molecule has 0 spiro atoms. The highest BCUT2D eigenvalue weighted by atomic mass is 35.5. The van der Waals surface area contributed by atoms with Crippen LogP contribution in [-0.2, 0) is 0 Å². The highest BCUT2D eigenvalue weighted by molar-refractivity contribution is 6.42. The number of hydrogen-bond acceptors (Lipinski definition) is 2. The predicted octanol–water partition coefficient (Wildman–Crippen LogP) is 4.28. The number of nitrogens with zero attached hydrogens (tertiary/aromatic N) is 2. The maximum Gasteiger partial charge on any atom is 0.0741 e. The first-order valence-electron chi connectivity index (χ1n) is 6.47. The van der Waals surface area contributed by atoms with Gasteiger partial charge in [0.05, 0.1) is 22.3 Å². The standard InChI is InChI=1S/C16H14Cl2N2/c1-20-9-8-19-16(12-4-2-3-5-15(12)20)11-6-7-13(17)14(18)10-11/h2-7,10H,8-9H2,1H3. The zero-order valence-corrected chi connectivity index (χ0v) is 12.6. The van der Waals surface area contributed by atoms with E-state index in [1.54, 1.807) is 0 Å². The van der Waals surface area contributed by atoms with Gasteiger partial charge >= 0.3 is 0 Å². The molecule has 0 bridgehead atoms. The average molecular weight is 305 g/mol. The van der Waals surface area contributed by atoms with Gasteiger partial charge in [-0.2, -0.15) is 0 Å². The van der Waals surface area contributed by atoms with E-state index >= 15 is 0 Å². The van der Waals surface area contributed by atoms with Gasteiger partial charge in [-0.15, -0.1) is 0 Å². The summed E-state index contributed by atoms with van der Waals surface area (Å²) in [7, 11) is 2.09. The number of para-hydroxylation sites is 1. The van der Waals surface area contributed by atoms with Gasteiger partial charge in [0, 0.05) is 30.4 Å². The molecule has 2 nitrogen and oxygen atoms in total. The number of benzene rings is 2. The molecule has 20 heavy (non-hydrogen) atoms. The Hall–Kier alpha value is -1.51. The zero-order valence-electron chi connectivity index (χ0n) is 11.1. The van der Waals surface area contributed by atoms with Crippen LogP contribution in [-0.4, -0.2) is 25.8 Å². The van der Waals surface area contributed by atoms with Crippen LogP contribution in [0, 0.1) is 0 Å². The minimum atomic E-state index is 0.557. The number of likely N-dealkylation sites (N-methyl/N-ethyl adjacent to an activating group) is 1. The Bertz CT molecular complexity index is 680. The predicted molar refractivity (Wildman–Crippen MR) is 86.7 cm³/mol. The normalized spacial score (nSPS) is 14.6. The summed E-state index contributed by atoms with van der Waals surface area (Å²) in [5.74, 6) is 0. The van der Waals surface area contributed by atoms with Crippen LogP contribution in [0.4, 0.5) is 5.69 Å². The van der Waals surface area contributed by atoms with Gasteiger partial charge in [0.15, 0.2) is 0 Å². The molecule has 1 aliphatic rings. The minimum absolute atomic E-state index is 0.557. The Balaban J connectivity index is 2.15. The molecule has 3 rings (SSSR count). The lowest BCUT2D eigenvalue weighted by Crippen LogP contribution is -2.20. The largest absolute Gasteiger partial charge is 0.372 e. The molecule has 2 aromatic rings. The fraction of sp³-hybridized carbons (Fsp3) is 0.188. The lowest BCUT2D eigenvalue weighted by Gasteiger charge is -2.19. The van der Waals surface area contributed by atoms with Crippen LogP contribution in [0.2, 0.25) is 10.0 Å². The Morgan fingerprint density at radius 1 is 1.05 bits per heavy atom. The zero-order chi connectivity index (χ0) is 14.1. The van der Waals surface area contributed by atoms with E-state index in [1.807, 2.05) is 30.3 Å². The number of rotatable bonds is 1. The lowest BCUT2D eigenvalue weighted by atomic mass is 10.0. The molecule has 0 unspecified atom stereocenters. The van der Waals surface area contributed by atoms with Crippen molar-refractivity contribution in [1.29, 1.82) is 0 Å². The van der Waals surface area contributed by atoms with Crippen molar-refractivity contribution in [2.24, 2.45) is 4.99 Å². The summed E-state index contributed by atoms with van der Waals surface area (Å²) in [6, 6.07) is 14.0. The molecule has 0 fully saturated rings. The molecule has 2 aromatic carbocycles. The molecule has 1 aliphatic heterocycles. The highest BCUT2D eigenvalue weighted by Gasteiger charge is 2.17. The lowest BCUT2D eigenvalue weighted by molar-refractivity contribution is 0.896. The van der Waals surface area contributed by atoms with Gasteiger partial charge < -0.3 is 4.90 Å². The van der Waals surface area contributed by atoms with Crippen LogP contribution < -0.4 is 4.90 Å². The Morgan fingerprint density at radius 2 is 1.85 bits per heavy atom. The number of aliphatic imine (C=N–C) groups is 1. The van der Waals surface area contributed by atoms with Crippen molar-refractivity contribution in [1.82, 2.24) is 0 Å². The molecule has 102 valence electrons. The molecule has 0 aromatic heterocycles. The first-order valence-corrected chi connectivity index (χ1v) is 7.23. The monoisotopic (exact) mass is 304 g/mol. The fourth-order valence-electron chi connectivity index (χ4n) is 2.41. The van der Waals surface area contributed by atoms with E-state index in [1.165, 1.54) is 5.69 Å². The SMILES string of the molecule is CN1CCN=C(c2ccc(Cl)c(Cl)c2)c2ccccc21. The second kappa shape index (κ2) is 5.47. The van der Waals surface area contributed by atoms with Crippen LogP contribution in [0.3, 0.4) is 0 Å². The van der Waals surface area contributed by atoms with Crippen molar-refractivity contribution in [3.8, 4) is 0 Å². The average Bonchev–Trinajstić information content (AvgIpc) is 2.62. The summed E-state index contributed by atoms with van der Waals surface area (Å²) >= 11 is 12.1. The number of halogens is 2. The van der Waals surface area contributed by atoms with Crippen LogP contribution in [0.5, 0.6) is 0 Å². The van der Waals surface area contributed by atoms with Crippen molar-refractivity contribution in [3.63, 3.8) is 0 Å². The number of fused-ring (bicyclic) bond motifs is 1. The van der Waals surface area contributed by atoms with Crippen molar-refractivity contribution in [2.75, 3.05) is 25.0 Å². The van der Waals surface area contributed by atoms with Gasteiger partial charge in [-0.3, -0.25) is 4.99 Å². The number of anilines is 1. The van der Waals surface area contributed by atoms with E-state index in [0.29, 0.717) is 10.0 Å². The Labute approximate surface area is 128 Å². The molecular formula is C16H14Cl2N2. The second-order valence-corrected chi connectivity index (χ2v) is 5.61. The fourth-order valence-corrected chi connectivity index (χ4v) is 2.71. The van der Waals surface area contributed by atoms with E-state index in [-0.39, 0.29) is 0 Å². The molecule has 0 amide bonds. The van der Waals surface area contributed by atoms with Crippen molar-refractivity contribution >= 4 is 34.6 Å². The molecule has 0 radical (unpaired) electrons. The Morgan fingerprint density at radius 3 is 2.65 bits per heavy atom. The molecule has 0 N–H and O–H groups in total. The first kappa shape index (κ1) is 13.5. The summed E-state index contributed by atoms with van der Waals surface area (Å²) in [5.41, 5.74) is 4.30. The highest BCUT2D eigenvalue weighted by Crippen LogP contribution is 2.28. The van der Waals surface area contributed by atoms with E-state index in [9.17, 15) is 0 Å². The first-order chi connectivity index (χ1) is 9.66. The van der Waals surface area contributed by atoms with Gasteiger partial charge in [0.25, 0.3) is 0 Å². The number of benzodiazepines with no additional fused rings is 1. The smallest absolute Gasteiger partial charge is 0.0741 e. The van der Waals surface area contributed by atoms with E-state index in [0.717, 1.165) is 29.9 Å². The minimum Gasteiger partial charge on any atom is -0.372 e. The third-order valence-electron chi connectivity index (χ3n) is 3.47. The van der Waals surface area contributed by atoms with E-state index in [4.69, 9.17) is 28.2 Å². The molecule has 0 saturated heterocycles. The molecule has 0 saturated carbocycles. The van der Waals surface area contributed by atoms with Crippen molar-refractivity contribution in [3.05, 3.63) is 63.6 Å². The summed E-state index contributed by atoms with van der Waals surface area (Å²) in [6.45, 7) is 1.67. The maximum atomic E-state index is 6.13. The molecule has 0 atom stereocenters. The van der Waals surface area contributed by atoms with E-state index in [2.05, 4.69) is 24.1 Å². The number of hydrogen-bond donors (Lipinski definition) is 0. The summed E-state index contributed by atoms with van der Waals surface area (Å²) < 4.78 is 0. The van der Waals surface area contributed by atoms with Gasteiger partial charge in [0.1, 0.15) is 0 Å². The van der Waals surface area contributed by atoms with E-state index < -0.39 is 0 Å².